The van der Waals surface area contributed by atoms with E-state index in [4.69, 9.17) is 26.5 Å². The third kappa shape index (κ3) is 3.79. The second kappa shape index (κ2) is 7.62. The van der Waals surface area contributed by atoms with E-state index in [0.29, 0.717) is 6.54 Å². The van der Waals surface area contributed by atoms with E-state index in [0.717, 1.165) is 39.9 Å². The molecule has 0 unspecified atom stereocenters. The number of thiophene rings is 1. The zero-order valence-corrected chi connectivity index (χ0v) is 17.0. The number of halogens is 1. The van der Waals surface area contributed by atoms with Crippen LogP contribution in [0.4, 0.5) is 0 Å². The van der Waals surface area contributed by atoms with Crippen LogP contribution in [-0.2, 0) is 11.3 Å². The van der Waals surface area contributed by atoms with Crippen molar-refractivity contribution in [2.75, 3.05) is 0 Å². The zero-order valence-electron chi connectivity index (χ0n) is 15.4. The van der Waals surface area contributed by atoms with Gasteiger partial charge in [0.15, 0.2) is 5.82 Å². The van der Waals surface area contributed by atoms with Gasteiger partial charge in [-0.2, -0.15) is 0 Å². The Morgan fingerprint density at radius 2 is 1.81 bits per heavy atom. The predicted octanol–water partition coefficient (Wildman–Crippen LogP) is 4.35. The van der Waals surface area contributed by atoms with Crippen LogP contribution in [0.3, 0.4) is 0 Å². The summed E-state index contributed by atoms with van der Waals surface area (Å²) in [4.78, 5) is 15.1. The van der Waals surface area contributed by atoms with Crippen LogP contribution >= 0.6 is 22.9 Å². The van der Waals surface area contributed by atoms with E-state index >= 15 is 0 Å². The summed E-state index contributed by atoms with van der Waals surface area (Å²) < 4.78 is 2.13. The third-order valence-electron chi connectivity index (χ3n) is 4.19. The Morgan fingerprint density at radius 3 is 2.44 bits per heavy atom. The molecular weight excluding hydrogens is 384 g/mol. The lowest BCUT2D eigenvalue weighted by molar-refractivity contribution is -0.134. The highest BCUT2D eigenvalue weighted by atomic mass is 35.5. The van der Waals surface area contributed by atoms with Crippen LogP contribution in [0.5, 0.6) is 0 Å². The molecule has 0 saturated carbocycles. The van der Waals surface area contributed by atoms with E-state index in [-0.39, 0.29) is 0 Å². The maximum atomic E-state index is 9.00. The molecule has 0 atom stereocenters. The average molecular weight is 403 g/mol. The minimum Gasteiger partial charge on any atom is -0.481 e. The summed E-state index contributed by atoms with van der Waals surface area (Å²) in [6.45, 7) is 7.89. The molecule has 27 heavy (non-hydrogen) atoms. The first-order valence-electron chi connectivity index (χ1n) is 8.31. The van der Waals surface area contributed by atoms with Crippen LogP contribution in [0.25, 0.3) is 5.00 Å². The Bertz CT molecular complexity index is 1030. The lowest BCUT2D eigenvalue weighted by Crippen LogP contribution is -2.07. The molecule has 0 radical (unpaired) electrons. The van der Waals surface area contributed by atoms with Gasteiger partial charge in [0.2, 0.25) is 0 Å². The third-order valence-corrected chi connectivity index (χ3v) is 5.64. The van der Waals surface area contributed by atoms with E-state index in [2.05, 4.69) is 28.6 Å². The number of carboxylic acid groups (broad SMARTS) is 1. The van der Waals surface area contributed by atoms with Gasteiger partial charge in [-0.3, -0.25) is 14.4 Å². The smallest absolute Gasteiger partial charge is 0.300 e. The van der Waals surface area contributed by atoms with Crippen molar-refractivity contribution in [3.8, 4) is 5.00 Å². The van der Waals surface area contributed by atoms with Gasteiger partial charge >= 0.3 is 0 Å². The summed E-state index contributed by atoms with van der Waals surface area (Å²) in [6, 6.07) is 7.86. The fourth-order valence-corrected chi connectivity index (χ4v) is 4.24. The highest BCUT2D eigenvalue weighted by molar-refractivity contribution is 7.15. The molecule has 0 bridgehead atoms. The molecule has 4 rings (SSSR count). The monoisotopic (exact) mass is 402 g/mol. The van der Waals surface area contributed by atoms with Crippen LogP contribution < -0.4 is 0 Å². The SMILES string of the molecule is CC(=O)O.Cc1sc2c(c1C)C(c1ccc(Cl)cc1)=NCc1nnc(C)n1-2. The van der Waals surface area contributed by atoms with E-state index in [1.54, 1.807) is 11.3 Å². The first kappa shape index (κ1) is 19.3. The quantitative estimate of drug-likeness (QED) is 0.656. The molecule has 1 aliphatic rings. The summed E-state index contributed by atoms with van der Waals surface area (Å²) in [6.07, 6.45) is 0. The average Bonchev–Trinajstić information content (AvgIpc) is 3.04. The van der Waals surface area contributed by atoms with E-state index in [1.165, 1.54) is 16.0 Å². The molecule has 3 heterocycles. The van der Waals surface area contributed by atoms with Gasteiger partial charge in [-0.15, -0.1) is 21.5 Å². The Hall–Kier alpha value is -2.51. The molecular formula is C19H19ClN4O2S. The van der Waals surface area contributed by atoms with Crippen molar-refractivity contribution in [2.45, 2.75) is 34.2 Å². The van der Waals surface area contributed by atoms with Crippen LogP contribution in [0.2, 0.25) is 5.02 Å². The van der Waals surface area contributed by atoms with Crippen LogP contribution in [0.15, 0.2) is 29.3 Å². The molecule has 0 fully saturated rings. The van der Waals surface area contributed by atoms with E-state index < -0.39 is 5.97 Å². The molecule has 140 valence electrons. The Labute approximate surface area is 166 Å². The van der Waals surface area contributed by atoms with Crippen molar-refractivity contribution in [1.29, 1.82) is 0 Å². The number of nitrogens with zero attached hydrogens (tertiary/aromatic N) is 4. The van der Waals surface area contributed by atoms with Gasteiger partial charge in [0.05, 0.1) is 5.71 Å². The molecule has 0 saturated heterocycles. The Morgan fingerprint density at radius 1 is 1.19 bits per heavy atom. The molecule has 0 spiro atoms. The number of benzene rings is 1. The fraction of sp³-hybridized carbons (Fsp3) is 0.263. The number of aliphatic carboxylic acids is 1. The van der Waals surface area contributed by atoms with Gasteiger partial charge in [0.1, 0.15) is 17.4 Å². The molecule has 6 nitrogen and oxygen atoms in total. The predicted molar refractivity (Wildman–Crippen MR) is 108 cm³/mol. The highest BCUT2D eigenvalue weighted by Gasteiger charge is 2.26. The molecule has 3 aromatic rings. The molecule has 8 heteroatoms. The lowest BCUT2D eigenvalue weighted by atomic mass is 10.00. The summed E-state index contributed by atoms with van der Waals surface area (Å²) in [5.74, 6) is 0.948. The number of fused-ring (bicyclic) bond motifs is 3. The first-order valence-corrected chi connectivity index (χ1v) is 9.50. The summed E-state index contributed by atoms with van der Waals surface area (Å²) >= 11 is 7.80. The summed E-state index contributed by atoms with van der Waals surface area (Å²) in [5, 5.41) is 17.8. The van der Waals surface area contributed by atoms with Gasteiger partial charge in [0.25, 0.3) is 5.97 Å². The Balaban J connectivity index is 0.000000481. The zero-order chi connectivity index (χ0) is 19.7. The van der Waals surface area contributed by atoms with Crippen molar-refractivity contribution >= 4 is 34.6 Å². The van der Waals surface area contributed by atoms with Gasteiger partial charge in [-0.05, 0) is 38.5 Å². The van der Waals surface area contributed by atoms with E-state index in [9.17, 15) is 0 Å². The lowest BCUT2D eigenvalue weighted by Gasteiger charge is -2.09. The second-order valence-corrected chi connectivity index (χ2v) is 7.79. The molecule has 1 aromatic carbocycles. The van der Waals surface area contributed by atoms with Crippen molar-refractivity contribution in [3.63, 3.8) is 0 Å². The summed E-state index contributed by atoms with van der Waals surface area (Å²) in [7, 11) is 0. The second-order valence-electron chi connectivity index (χ2n) is 6.15. The standard InChI is InChI=1S/C17H15ClN4S.C2H4O2/c1-9-10(2)23-17-15(9)16(12-4-6-13(18)7-5-12)19-8-14-21-20-11(3)22(14)17;1-2(3)4/h4-7H,8H2,1-3H3;1H3,(H,3,4). The van der Waals surface area contributed by atoms with Crippen molar-refractivity contribution < 1.29 is 9.90 Å². The Kier molecular flexibility index (Phi) is 5.43. The number of hydrogen-bond acceptors (Lipinski definition) is 5. The number of hydrogen-bond donors (Lipinski definition) is 1. The van der Waals surface area contributed by atoms with Gasteiger partial charge in [0, 0.05) is 28.0 Å². The maximum absolute atomic E-state index is 9.00. The molecule has 0 aliphatic carbocycles. The number of aryl methyl sites for hydroxylation is 2. The summed E-state index contributed by atoms with van der Waals surface area (Å²) in [5.41, 5.74) is 4.52. The van der Waals surface area contributed by atoms with Gasteiger partial charge < -0.3 is 5.11 Å². The van der Waals surface area contributed by atoms with Crippen molar-refractivity contribution in [2.24, 2.45) is 4.99 Å². The normalized spacial score (nSPS) is 12.3. The minimum absolute atomic E-state index is 0.526. The number of aromatic nitrogens is 3. The van der Waals surface area contributed by atoms with Crippen molar-refractivity contribution in [3.05, 3.63) is 62.5 Å². The van der Waals surface area contributed by atoms with Crippen LogP contribution in [-0.4, -0.2) is 31.6 Å². The number of rotatable bonds is 1. The van der Waals surface area contributed by atoms with E-state index in [1.807, 2.05) is 31.2 Å². The molecule has 1 aliphatic heterocycles. The number of carbonyl (C=O) groups is 1. The van der Waals surface area contributed by atoms with Crippen LogP contribution in [0.1, 0.15) is 40.1 Å². The maximum Gasteiger partial charge on any atom is 0.300 e. The largest absolute Gasteiger partial charge is 0.481 e. The van der Waals surface area contributed by atoms with Gasteiger partial charge in [-0.1, -0.05) is 23.7 Å². The fourth-order valence-electron chi connectivity index (χ4n) is 2.89. The number of carboxylic acids is 1. The molecule has 2 aromatic heterocycles. The van der Waals surface area contributed by atoms with Crippen molar-refractivity contribution in [1.82, 2.24) is 14.8 Å². The minimum atomic E-state index is -0.833. The number of aliphatic imine (C=N–C) groups is 1. The molecule has 1 N–H and O–H groups in total. The topological polar surface area (TPSA) is 80.4 Å². The first-order chi connectivity index (χ1) is 12.8. The highest BCUT2D eigenvalue weighted by Crippen LogP contribution is 2.36. The molecule has 0 amide bonds. The van der Waals surface area contributed by atoms with Gasteiger partial charge in [-0.25, -0.2) is 0 Å². The van der Waals surface area contributed by atoms with Crippen LogP contribution in [0, 0.1) is 20.8 Å².